The zero-order valence-corrected chi connectivity index (χ0v) is 22.2. The Labute approximate surface area is 215 Å². The fraction of sp³-hybridized carbons (Fsp3) is 0.435. The molecule has 1 fully saturated rings. The predicted molar refractivity (Wildman–Crippen MR) is 137 cm³/mol. The van der Waals surface area contributed by atoms with E-state index in [9.17, 15) is 9.59 Å². The SMILES string of the molecule is C[C@H](CC(=O)[C@H]1C[C@H](Cc2cc(Br)c(Cl)s2)CN1)C(=O)NCc1cnc2c(c1)c(Cl)cn2C. The van der Waals surface area contributed by atoms with Crippen molar-refractivity contribution in [2.45, 2.75) is 38.8 Å². The highest BCUT2D eigenvalue weighted by molar-refractivity contribution is 9.10. The van der Waals surface area contributed by atoms with Gasteiger partial charge in [-0.25, -0.2) is 4.98 Å². The van der Waals surface area contributed by atoms with E-state index in [2.05, 4.69) is 31.5 Å². The second-order valence-electron chi connectivity index (χ2n) is 8.69. The molecule has 0 unspecified atom stereocenters. The molecule has 0 spiro atoms. The van der Waals surface area contributed by atoms with Crippen molar-refractivity contribution in [3.05, 3.63) is 48.8 Å². The topological polar surface area (TPSA) is 76.0 Å². The summed E-state index contributed by atoms with van der Waals surface area (Å²) in [5.74, 6) is -0.0701. The highest BCUT2D eigenvalue weighted by atomic mass is 79.9. The number of aryl methyl sites for hydroxylation is 1. The van der Waals surface area contributed by atoms with Crippen LogP contribution in [0.3, 0.4) is 0 Å². The van der Waals surface area contributed by atoms with E-state index in [0.29, 0.717) is 17.5 Å². The summed E-state index contributed by atoms with van der Waals surface area (Å²) >= 11 is 17.4. The quantitative estimate of drug-likeness (QED) is 0.393. The molecule has 2 N–H and O–H groups in total. The Kier molecular flexibility index (Phi) is 7.80. The van der Waals surface area contributed by atoms with E-state index < -0.39 is 5.92 Å². The Bertz CT molecular complexity index is 1180. The number of nitrogens with zero attached hydrogens (tertiary/aromatic N) is 2. The van der Waals surface area contributed by atoms with E-state index in [4.69, 9.17) is 23.2 Å². The summed E-state index contributed by atoms with van der Waals surface area (Å²) in [5.41, 5.74) is 1.66. The first-order chi connectivity index (χ1) is 15.7. The molecule has 3 aromatic rings. The number of carbonyl (C=O) groups excluding carboxylic acids is 2. The molecule has 0 aromatic carbocycles. The van der Waals surface area contributed by atoms with Crippen LogP contribution in [0.2, 0.25) is 9.36 Å². The van der Waals surface area contributed by atoms with Crippen LogP contribution < -0.4 is 10.6 Å². The molecule has 3 atom stereocenters. The predicted octanol–water partition coefficient (Wildman–Crippen LogP) is 5.14. The maximum atomic E-state index is 12.8. The number of Topliss-reactive ketones (excluding diaryl/α,β-unsaturated/α-hetero) is 1. The van der Waals surface area contributed by atoms with Gasteiger partial charge in [-0.1, -0.05) is 30.1 Å². The number of thiophene rings is 1. The average molecular weight is 572 g/mol. The van der Waals surface area contributed by atoms with Crippen LogP contribution in [0.4, 0.5) is 0 Å². The van der Waals surface area contributed by atoms with Crippen LogP contribution >= 0.6 is 50.5 Å². The molecular formula is C23H25BrCl2N4O2S. The summed E-state index contributed by atoms with van der Waals surface area (Å²) in [4.78, 5) is 31.0. The summed E-state index contributed by atoms with van der Waals surface area (Å²) in [6.07, 6.45) is 5.44. The van der Waals surface area contributed by atoms with Crippen LogP contribution in [0, 0.1) is 11.8 Å². The third kappa shape index (κ3) is 5.80. The lowest BCUT2D eigenvalue weighted by Gasteiger charge is -2.15. The summed E-state index contributed by atoms with van der Waals surface area (Å²) in [6, 6.07) is 3.78. The van der Waals surface area contributed by atoms with Crippen molar-refractivity contribution in [1.29, 1.82) is 0 Å². The molecule has 33 heavy (non-hydrogen) atoms. The molecule has 0 radical (unpaired) electrons. The molecule has 1 saturated heterocycles. The van der Waals surface area contributed by atoms with Crippen molar-refractivity contribution in [3.63, 3.8) is 0 Å². The minimum absolute atomic E-state index is 0.0877. The Morgan fingerprint density at radius 2 is 2.18 bits per heavy atom. The molecule has 1 aliphatic heterocycles. The van der Waals surface area contributed by atoms with Crippen LogP contribution in [0.15, 0.2) is 29.0 Å². The molecule has 6 nitrogen and oxygen atoms in total. The number of halogens is 3. The lowest BCUT2D eigenvalue weighted by Crippen LogP contribution is -2.35. The number of nitrogens with one attached hydrogen (secondary N) is 2. The number of aromatic nitrogens is 2. The van der Waals surface area contributed by atoms with Gasteiger partial charge in [0.05, 0.1) is 11.1 Å². The standard InChI is InChI=1S/C23H25BrCl2N4O2S/c1-12(23(32)29-10-14-5-16-18(25)11-30(2)22(16)28-9-14)3-20(31)19-6-13(8-27-19)4-15-7-17(24)21(26)33-15/h5,7,9,11-13,19,27H,3-4,6,8,10H2,1-2H3,(H,29,32)/t12-,13+,19-/m1/s1. The van der Waals surface area contributed by atoms with Gasteiger partial charge in [0, 0.05) is 53.1 Å². The van der Waals surface area contributed by atoms with Gasteiger partial charge in [0.25, 0.3) is 0 Å². The highest BCUT2D eigenvalue weighted by Gasteiger charge is 2.31. The summed E-state index contributed by atoms with van der Waals surface area (Å²) in [7, 11) is 1.89. The molecule has 4 heterocycles. The number of carbonyl (C=O) groups is 2. The monoisotopic (exact) mass is 570 g/mol. The third-order valence-corrected chi connectivity index (χ3v) is 8.84. The Morgan fingerprint density at radius 1 is 1.39 bits per heavy atom. The molecule has 3 aromatic heterocycles. The van der Waals surface area contributed by atoms with Crippen molar-refractivity contribution >= 4 is 73.2 Å². The number of hydrogen-bond acceptors (Lipinski definition) is 5. The molecule has 1 amide bonds. The number of rotatable bonds is 8. The van der Waals surface area contributed by atoms with Crippen molar-refractivity contribution < 1.29 is 9.59 Å². The number of hydrogen-bond donors (Lipinski definition) is 2. The van der Waals surface area contributed by atoms with Crippen LogP contribution in [0.5, 0.6) is 0 Å². The van der Waals surface area contributed by atoms with Gasteiger partial charge in [0.1, 0.15) is 9.98 Å². The average Bonchev–Trinajstić information content (AvgIpc) is 3.44. The number of pyridine rings is 1. The largest absolute Gasteiger partial charge is 0.352 e. The van der Waals surface area contributed by atoms with Gasteiger partial charge in [-0.05, 0) is 58.9 Å². The molecule has 10 heteroatoms. The summed E-state index contributed by atoms with van der Waals surface area (Å²) < 4.78 is 3.54. The third-order valence-electron chi connectivity index (χ3n) is 6.04. The first-order valence-corrected chi connectivity index (χ1v) is 13.1. The van der Waals surface area contributed by atoms with Gasteiger partial charge in [0.2, 0.25) is 5.91 Å². The van der Waals surface area contributed by atoms with E-state index in [-0.39, 0.29) is 24.2 Å². The van der Waals surface area contributed by atoms with Crippen molar-refractivity contribution in [1.82, 2.24) is 20.2 Å². The second-order valence-corrected chi connectivity index (χ2v) is 11.7. The molecule has 1 aliphatic rings. The minimum atomic E-state index is -0.401. The van der Waals surface area contributed by atoms with Gasteiger partial charge in [0.15, 0.2) is 5.78 Å². The number of amides is 1. The second kappa shape index (κ2) is 10.4. The van der Waals surface area contributed by atoms with Crippen LogP contribution in [-0.4, -0.2) is 33.8 Å². The van der Waals surface area contributed by atoms with E-state index >= 15 is 0 Å². The fourth-order valence-electron chi connectivity index (χ4n) is 4.24. The normalized spacial score (nSPS) is 19.2. The molecule has 4 rings (SSSR count). The summed E-state index contributed by atoms with van der Waals surface area (Å²) in [5, 5.41) is 7.73. The molecule has 0 bridgehead atoms. The van der Waals surface area contributed by atoms with Gasteiger partial charge in [-0.3, -0.25) is 9.59 Å². The zero-order valence-electron chi connectivity index (χ0n) is 18.3. The Morgan fingerprint density at radius 3 is 2.91 bits per heavy atom. The highest BCUT2D eigenvalue weighted by Crippen LogP contribution is 2.34. The van der Waals surface area contributed by atoms with E-state index in [1.54, 1.807) is 24.5 Å². The number of fused-ring (bicyclic) bond motifs is 1. The van der Waals surface area contributed by atoms with Crippen molar-refractivity contribution in [2.75, 3.05) is 6.54 Å². The van der Waals surface area contributed by atoms with Crippen LogP contribution in [0.1, 0.15) is 30.2 Å². The van der Waals surface area contributed by atoms with Crippen LogP contribution in [0.25, 0.3) is 11.0 Å². The lowest BCUT2D eigenvalue weighted by atomic mass is 9.94. The van der Waals surface area contributed by atoms with Gasteiger partial charge in [-0.2, -0.15) is 0 Å². The number of ketones is 1. The molecule has 0 saturated carbocycles. The van der Waals surface area contributed by atoms with Gasteiger partial charge in [-0.15, -0.1) is 11.3 Å². The van der Waals surface area contributed by atoms with Gasteiger partial charge < -0.3 is 15.2 Å². The maximum Gasteiger partial charge on any atom is 0.223 e. The lowest BCUT2D eigenvalue weighted by molar-refractivity contribution is -0.129. The fourth-order valence-corrected chi connectivity index (χ4v) is 6.43. The Balaban J connectivity index is 1.25. The Hall–Kier alpha value is -1.45. The first kappa shape index (κ1) is 24.7. The summed E-state index contributed by atoms with van der Waals surface area (Å²) in [6.45, 7) is 2.93. The van der Waals surface area contributed by atoms with Crippen molar-refractivity contribution in [3.8, 4) is 0 Å². The maximum absolute atomic E-state index is 12.8. The van der Waals surface area contributed by atoms with E-state index in [0.717, 1.165) is 44.8 Å². The van der Waals surface area contributed by atoms with E-state index in [1.807, 2.05) is 29.9 Å². The van der Waals surface area contributed by atoms with Gasteiger partial charge >= 0.3 is 0 Å². The minimum Gasteiger partial charge on any atom is -0.352 e. The van der Waals surface area contributed by atoms with Crippen LogP contribution in [-0.2, 0) is 29.6 Å². The molecular weight excluding hydrogens is 547 g/mol. The zero-order chi connectivity index (χ0) is 23.7. The van der Waals surface area contributed by atoms with Crippen molar-refractivity contribution in [2.24, 2.45) is 18.9 Å². The molecule has 0 aliphatic carbocycles. The molecule has 176 valence electrons. The first-order valence-electron chi connectivity index (χ1n) is 10.8. The van der Waals surface area contributed by atoms with E-state index in [1.165, 1.54) is 4.88 Å². The smallest absolute Gasteiger partial charge is 0.223 e.